The Bertz CT molecular complexity index is 1160. The molecule has 1 aromatic heterocycles. The first-order valence-electron chi connectivity index (χ1n) is 11.6. The second-order valence-electron chi connectivity index (χ2n) is 8.56. The van der Waals surface area contributed by atoms with Crippen molar-refractivity contribution in [3.63, 3.8) is 0 Å². The Kier molecular flexibility index (Phi) is 6.58. The number of nitrogens with one attached hydrogen (secondary N) is 1. The van der Waals surface area contributed by atoms with Gasteiger partial charge < -0.3 is 24.8 Å². The normalized spacial score (nSPS) is 15.7. The summed E-state index contributed by atoms with van der Waals surface area (Å²) in [4.78, 5) is 35.1. The lowest BCUT2D eigenvalue weighted by molar-refractivity contribution is -0.139. The summed E-state index contributed by atoms with van der Waals surface area (Å²) in [5, 5.41) is 12.1. The fraction of sp³-hybridized carbons (Fsp3) is 0.308. The third kappa shape index (κ3) is 4.95. The summed E-state index contributed by atoms with van der Waals surface area (Å²) in [5.41, 5.74) is 5.04. The van der Waals surface area contributed by atoms with Gasteiger partial charge in [0.25, 0.3) is 0 Å². The molecule has 180 valence electrons. The molecular formula is C26H26N4O5. The fourth-order valence-electron chi connectivity index (χ4n) is 4.60. The van der Waals surface area contributed by atoms with Crippen LogP contribution in [-0.2, 0) is 20.7 Å². The van der Waals surface area contributed by atoms with Crippen LogP contribution in [0, 0.1) is 0 Å². The maximum absolute atomic E-state index is 12.5. The Morgan fingerprint density at radius 3 is 2.23 bits per heavy atom. The van der Waals surface area contributed by atoms with Crippen molar-refractivity contribution in [2.24, 2.45) is 0 Å². The quantitative estimate of drug-likeness (QED) is 0.537. The summed E-state index contributed by atoms with van der Waals surface area (Å²) in [5.74, 6) is -0.679. The average molecular weight is 475 g/mol. The number of aliphatic carboxylic acids is 1. The molecule has 2 N–H and O–H groups in total. The SMILES string of the molecule is O=C(NC(Cc1cnc(N2CCOCC2)nc1)C(=O)O)OCC1c2ccccc2-c2ccccc21. The zero-order chi connectivity index (χ0) is 24.2. The predicted molar refractivity (Wildman–Crippen MR) is 128 cm³/mol. The highest BCUT2D eigenvalue weighted by atomic mass is 16.5. The molecule has 0 bridgehead atoms. The topological polar surface area (TPSA) is 114 Å². The first-order valence-corrected chi connectivity index (χ1v) is 11.6. The van der Waals surface area contributed by atoms with Crippen molar-refractivity contribution < 1.29 is 24.2 Å². The van der Waals surface area contributed by atoms with Crippen LogP contribution in [-0.4, -0.2) is 66.1 Å². The molecule has 0 spiro atoms. The van der Waals surface area contributed by atoms with Gasteiger partial charge in [0.05, 0.1) is 13.2 Å². The van der Waals surface area contributed by atoms with E-state index in [4.69, 9.17) is 9.47 Å². The second-order valence-corrected chi connectivity index (χ2v) is 8.56. The van der Waals surface area contributed by atoms with E-state index in [1.54, 1.807) is 12.4 Å². The van der Waals surface area contributed by atoms with E-state index >= 15 is 0 Å². The van der Waals surface area contributed by atoms with E-state index in [1.165, 1.54) is 0 Å². The Balaban J connectivity index is 1.20. The molecule has 1 atom stereocenters. The maximum atomic E-state index is 12.5. The zero-order valence-electron chi connectivity index (χ0n) is 19.1. The fourth-order valence-corrected chi connectivity index (χ4v) is 4.60. The predicted octanol–water partition coefficient (Wildman–Crippen LogP) is 2.85. The summed E-state index contributed by atoms with van der Waals surface area (Å²) in [6.45, 7) is 2.77. The molecule has 3 aromatic rings. The molecule has 1 saturated heterocycles. The number of carbonyl (C=O) groups is 2. The minimum absolute atomic E-state index is 0.0446. The van der Waals surface area contributed by atoms with Gasteiger partial charge in [0.2, 0.25) is 5.95 Å². The van der Waals surface area contributed by atoms with Crippen LogP contribution in [0.15, 0.2) is 60.9 Å². The van der Waals surface area contributed by atoms with E-state index in [2.05, 4.69) is 27.4 Å². The molecule has 1 unspecified atom stereocenters. The second kappa shape index (κ2) is 10.1. The lowest BCUT2D eigenvalue weighted by Gasteiger charge is -2.26. The Labute approximate surface area is 202 Å². The number of carboxylic acid groups (broad SMARTS) is 1. The Morgan fingerprint density at radius 2 is 1.63 bits per heavy atom. The zero-order valence-corrected chi connectivity index (χ0v) is 19.1. The molecule has 9 nitrogen and oxygen atoms in total. The molecule has 9 heteroatoms. The molecule has 1 amide bonds. The van der Waals surface area contributed by atoms with Gasteiger partial charge in [-0.1, -0.05) is 48.5 Å². The summed E-state index contributed by atoms with van der Waals surface area (Å²) in [7, 11) is 0. The lowest BCUT2D eigenvalue weighted by atomic mass is 9.98. The van der Waals surface area contributed by atoms with E-state index < -0.39 is 18.1 Å². The molecular weight excluding hydrogens is 448 g/mol. The molecule has 35 heavy (non-hydrogen) atoms. The van der Waals surface area contributed by atoms with Gasteiger partial charge in [-0.25, -0.2) is 19.6 Å². The molecule has 1 aliphatic heterocycles. The summed E-state index contributed by atoms with van der Waals surface area (Å²) < 4.78 is 10.8. The number of alkyl carbamates (subject to hydrolysis) is 1. The number of benzene rings is 2. The van der Waals surface area contributed by atoms with Crippen molar-refractivity contribution in [1.29, 1.82) is 0 Å². The first kappa shape index (κ1) is 22.8. The van der Waals surface area contributed by atoms with Gasteiger partial charge in [0, 0.05) is 37.8 Å². The van der Waals surface area contributed by atoms with E-state index in [0.717, 1.165) is 22.3 Å². The molecule has 0 saturated carbocycles. The van der Waals surface area contributed by atoms with Crippen LogP contribution in [0.1, 0.15) is 22.6 Å². The maximum Gasteiger partial charge on any atom is 0.407 e. The minimum atomic E-state index is -1.16. The van der Waals surface area contributed by atoms with Crippen LogP contribution in [0.5, 0.6) is 0 Å². The molecule has 2 heterocycles. The van der Waals surface area contributed by atoms with Crippen LogP contribution < -0.4 is 10.2 Å². The number of ether oxygens (including phenoxy) is 2. The van der Waals surface area contributed by atoms with Crippen molar-refractivity contribution >= 4 is 18.0 Å². The Morgan fingerprint density at radius 1 is 1.03 bits per heavy atom. The first-order chi connectivity index (χ1) is 17.1. The van der Waals surface area contributed by atoms with Crippen molar-refractivity contribution in [2.75, 3.05) is 37.8 Å². The number of carbonyl (C=O) groups excluding carboxylic acids is 1. The third-order valence-corrected chi connectivity index (χ3v) is 6.36. The largest absolute Gasteiger partial charge is 0.480 e. The van der Waals surface area contributed by atoms with E-state index in [1.807, 2.05) is 41.3 Å². The number of fused-ring (bicyclic) bond motifs is 3. The van der Waals surface area contributed by atoms with Crippen molar-refractivity contribution in [1.82, 2.24) is 15.3 Å². The lowest BCUT2D eigenvalue weighted by Crippen LogP contribution is -2.43. The number of hydrogen-bond donors (Lipinski definition) is 2. The minimum Gasteiger partial charge on any atom is -0.480 e. The van der Waals surface area contributed by atoms with Gasteiger partial charge in [-0.2, -0.15) is 0 Å². The third-order valence-electron chi connectivity index (χ3n) is 6.36. The number of rotatable bonds is 7. The summed E-state index contributed by atoms with van der Waals surface area (Å²) in [6.07, 6.45) is 2.45. The number of anilines is 1. The van der Waals surface area contributed by atoms with E-state index in [0.29, 0.717) is 37.8 Å². The van der Waals surface area contributed by atoms with Gasteiger partial charge in [0.1, 0.15) is 12.6 Å². The van der Waals surface area contributed by atoms with Gasteiger partial charge >= 0.3 is 12.1 Å². The van der Waals surface area contributed by atoms with Crippen LogP contribution in [0.4, 0.5) is 10.7 Å². The number of morpholine rings is 1. The van der Waals surface area contributed by atoms with E-state index in [-0.39, 0.29) is 18.9 Å². The van der Waals surface area contributed by atoms with Crippen LogP contribution in [0.25, 0.3) is 11.1 Å². The van der Waals surface area contributed by atoms with Crippen molar-refractivity contribution in [2.45, 2.75) is 18.4 Å². The number of hydrogen-bond acceptors (Lipinski definition) is 7. The summed E-state index contributed by atoms with van der Waals surface area (Å²) in [6, 6.07) is 14.9. The monoisotopic (exact) mass is 474 g/mol. The Hall–Kier alpha value is -3.98. The van der Waals surface area contributed by atoms with Crippen LogP contribution in [0.2, 0.25) is 0 Å². The standard InChI is InChI=1S/C26H26N4O5/c31-24(32)23(13-17-14-27-25(28-15-17)30-9-11-34-12-10-30)29-26(33)35-16-22-20-7-3-1-5-18(20)19-6-2-4-8-21(19)22/h1-8,14-15,22-23H,9-13,16H2,(H,29,33)(H,31,32). The van der Waals surface area contributed by atoms with Crippen molar-refractivity contribution in [3.05, 3.63) is 77.6 Å². The highest BCUT2D eigenvalue weighted by molar-refractivity contribution is 5.81. The average Bonchev–Trinajstić information content (AvgIpc) is 3.21. The smallest absolute Gasteiger partial charge is 0.407 e. The van der Waals surface area contributed by atoms with Crippen LogP contribution in [0.3, 0.4) is 0 Å². The van der Waals surface area contributed by atoms with Crippen LogP contribution >= 0.6 is 0 Å². The van der Waals surface area contributed by atoms with Gasteiger partial charge in [0.15, 0.2) is 0 Å². The molecule has 0 radical (unpaired) electrons. The molecule has 5 rings (SSSR count). The van der Waals surface area contributed by atoms with Crippen molar-refractivity contribution in [3.8, 4) is 11.1 Å². The number of amides is 1. The molecule has 2 aliphatic rings. The number of carboxylic acids is 1. The highest BCUT2D eigenvalue weighted by Crippen LogP contribution is 2.44. The summed E-state index contributed by atoms with van der Waals surface area (Å²) >= 11 is 0. The van der Waals surface area contributed by atoms with Gasteiger partial charge in [-0.3, -0.25) is 0 Å². The molecule has 1 fully saturated rings. The number of nitrogens with zero attached hydrogens (tertiary/aromatic N) is 3. The van der Waals surface area contributed by atoms with Gasteiger partial charge in [-0.15, -0.1) is 0 Å². The van der Waals surface area contributed by atoms with E-state index in [9.17, 15) is 14.7 Å². The molecule has 2 aromatic carbocycles. The highest BCUT2D eigenvalue weighted by Gasteiger charge is 2.30. The number of aromatic nitrogens is 2. The molecule has 1 aliphatic carbocycles. The van der Waals surface area contributed by atoms with Gasteiger partial charge in [-0.05, 0) is 27.8 Å².